The maximum atomic E-state index is 11.8. The van der Waals surface area contributed by atoms with Gasteiger partial charge in [0, 0.05) is 10.9 Å². The van der Waals surface area contributed by atoms with Gasteiger partial charge in [-0.25, -0.2) is 4.98 Å². The number of aromatic nitrogens is 2. The molecule has 0 spiro atoms. The van der Waals surface area contributed by atoms with Crippen molar-refractivity contribution in [3.05, 3.63) is 36.4 Å². The molecule has 0 aromatic carbocycles. The smallest absolute Gasteiger partial charge is 0.264 e. The van der Waals surface area contributed by atoms with E-state index in [2.05, 4.69) is 46.4 Å². The van der Waals surface area contributed by atoms with Crippen LogP contribution in [0.3, 0.4) is 0 Å². The van der Waals surface area contributed by atoms with Crippen molar-refractivity contribution in [2.24, 2.45) is 5.92 Å². The first-order chi connectivity index (χ1) is 8.08. The molecule has 90 valence electrons. The van der Waals surface area contributed by atoms with Crippen molar-refractivity contribution in [3.63, 3.8) is 0 Å². The number of halogens is 1. The molecule has 0 bridgehead atoms. The first-order valence-electron chi connectivity index (χ1n) is 5.39. The molecule has 0 amide bonds. The van der Waals surface area contributed by atoms with Crippen LogP contribution in [-0.4, -0.2) is 9.97 Å². The van der Waals surface area contributed by atoms with Crippen molar-refractivity contribution < 1.29 is 0 Å². The first-order valence-corrected chi connectivity index (χ1v) is 7.41. The number of aromatic amines is 1. The lowest BCUT2D eigenvalue weighted by atomic mass is 10.1. The predicted molar refractivity (Wildman–Crippen MR) is 79.4 cm³/mol. The lowest BCUT2D eigenvalue weighted by Crippen LogP contribution is -2.17. The average Bonchev–Trinajstić information content (AvgIpc) is 2.77. The summed E-state index contributed by atoms with van der Waals surface area (Å²) in [7, 11) is 0. The Morgan fingerprint density at radius 3 is 2.88 bits per heavy atom. The average molecular weight is 360 g/mol. The van der Waals surface area contributed by atoms with E-state index in [-0.39, 0.29) is 5.56 Å². The van der Waals surface area contributed by atoms with Crippen LogP contribution in [0.25, 0.3) is 11.4 Å². The number of nitrogens with zero attached hydrogens (tertiary/aromatic N) is 1. The van der Waals surface area contributed by atoms with Crippen molar-refractivity contribution in [2.75, 3.05) is 0 Å². The molecule has 5 heteroatoms. The molecule has 0 aliphatic carbocycles. The van der Waals surface area contributed by atoms with Crippen molar-refractivity contribution in [1.29, 1.82) is 0 Å². The summed E-state index contributed by atoms with van der Waals surface area (Å²) in [5.41, 5.74) is 1.83. The molecule has 17 heavy (non-hydrogen) atoms. The van der Waals surface area contributed by atoms with Crippen molar-refractivity contribution in [1.82, 2.24) is 9.97 Å². The summed E-state index contributed by atoms with van der Waals surface area (Å²) in [6, 6.07) is 1.97. The van der Waals surface area contributed by atoms with E-state index in [1.807, 2.05) is 16.8 Å². The van der Waals surface area contributed by atoms with Gasteiger partial charge >= 0.3 is 0 Å². The van der Waals surface area contributed by atoms with Gasteiger partial charge < -0.3 is 4.98 Å². The highest BCUT2D eigenvalue weighted by atomic mass is 127. The van der Waals surface area contributed by atoms with E-state index in [9.17, 15) is 4.79 Å². The van der Waals surface area contributed by atoms with Crippen molar-refractivity contribution in [3.8, 4) is 11.4 Å². The Balaban J connectivity index is 2.50. The molecule has 0 aliphatic heterocycles. The Labute approximate surface area is 117 Å². The van der Waals surface area contributed by atoms with Gasteiger partial charge in [0.1, 0.15) is 5.82 Å². The molecule has 0 saturated carbocycles. The largest absolute Gasteiger partial charge is 0.306 e. The van der Waals surface area contributed by atoms with Gasteiger partial charge in [-0.05, 0) is 46.4 Å². The normalized spacial score (nSPS) is 11.1. The second-order valence-electron chi connectivity index (χ2n) is 4.29. The van der Waals surface area contributed by atoms with Crippen LogP contribution in [0.15, 0.2) is 21.6 Å². The third-order valence-corrected chi connectivity index (χ3v) is 4.12. The summed E-state index contributed by atoms with van der Waals surface area (Å²) < 4.78 is 0.704. The van der Waals surface area contributed by atoms with Crippen molar-refractivity contribution in [2.45, 2.75) is 20.3 Å². The van der Waals surface area contributed by atoms with E-state index in [1.165, 1.54) is 0 Å². The topological polar surface area (TPSA) is 45.8 Å². The highest BCUT2D eigenvalue weighted by molar-refractivity contribution is 14.1. The molecule has 0 atom stereocenters. The zero-order valence-corrected chi connectivity index (χ0v) is 12.6. The summed E-state index contributed by atoms with van der Waals surface area (Å²) >= 11 is 3.67. The molecule has 0 radical (unpaired) electrons. The number of thiophene rings is 1. The lowest BCUT2D eigenvalue weighted by molar-refractivity contribution is 0.631. The van der Waals surface area contributed by atoms with Gasteiger partial charge in [0.2, 0.25) is 0 Å². The quantitative estimate of drug-likeness (QED) is 0.854. The fourth-order valence-corrected chi connectivity index (χ4v) is 2.68. The minimum atomic E-state index is -0.0440. The van der Waals surface area contributed by atoms with Gasteiger partial charge in [0.05, 0.1) is 9.26 Å². The predicted octanol–water partition coefficient (Wildman–Crippen LogP) is 3.30. The van der Waals surface area contributed by atoms with Crippen LogP contribution in [0.5, 0.6) is 0 Å². The molecule has 2 rings (SSSR count). The Morgan fingerprint density at radius 1 is 1.53 bits per heavy atom. The Bertz CT molecular complexity index is 560. The van der Waals surface area contributed by atoms with Crippen LogP contribution >= 0.6 is 33.9 Å². The molecule has 3 nitrogen and oxygen atoms in total. The molecule has 2 aromatic rings. The summed E-state index contributed by atoms with van der Waals surface area (Å²) in [6.45, 7) is 4.26. The monoisotopic (exact) mass is 360 g/mol. The third-order valence-electron chi connectivity index (χ3n) is 2.33. The number of hydrogen-bond acceptors (Lipinski definition) is 3. The molecular formula is C12H13IN2OS. The number of H-pyrrole nitrogens is 1. The van der Waals surface area contributed by atoms with Crippen LogP contribution in [0.2, 0.25) is 0 Å². The summed E-state index contributed by atoms with van der Waals surface area (Å²) in [6.07, 6.45) is 0.833. The summed E-state index contributed by atoms with van der Waals surface area (Å²) in [5.74, 6) is 1.17. The molecule has 0 aliphatic rings. The fraction of sp³-hybridized carbons (Fsp3) is 0.333. The van der Waals surface area contributed by atoms with Crippen LogP contribution in [0.4, 0.5) is 0 Å². The Kier molecular flexibility index (Phi) is 3.98. The van der Waals surface area contributed by atoms with Gasteiger partial charge in [-0.1, -0.05) is 13.8 Å². The van der Waals surface area contributed by atoms with Gasteiger partial charge in [0.25, 0.3) is 5.56 Å². The van der Waals surface area contributed by atoms with Gasteiger partial charge in [0.15, 0.2) is 0 Å². The maximum absolute atomic E-state index is 11.8. The van der Waals surface area contributed by atoms with E-state index in [4.69, 9.17) is 0 Å². The highest BCUT2D eigenvalue weighted by Gasteiger charge is 2.11. The van der Waals surface area contributed by atoms with Gasteiger partial charge in [-0.2, -0.15) is 11.3 Å². The summed E-state index contributed by atoms with van der Waals surface area (Å²) in [4.78, 5) is 19.2. The van der Waals surface area contributed by atoms with E-state index >= 15 is 0 Å². The molecular weight excluding hydrogens is 347 g/mol. The summed E-state index contributed by atoms with van der Waals surface area (Å²) in [5, 5.41) is 3.97. The molecule has 0 unspecified atom stereocenters. The van der Waals surface area contributed by atoms with E-state index in [1.54, 1.807) is 11.3 Å². The van der Waals surface area contributed by atoms with Crippen LogP contribution in [-0.2, 0) is 6.42 Å². The third kappa shape index (κ3) is 2.95. The second kappa shape index (κ2) is 5.30. The Morgan fingerprint density at radius 2 is 2.29 bits per heavy atom. The van der Waals surface area contributed by atoms with Crippen molar-refractivity contribution >= 4 is 33.9 Å². The molecule has 2 aromatic heterocycles. The highest BCUT2D eigenvalue weighted by Crippen LogP contribution is 2.19. The maximum Gasteiger partial charge on any atom is 0.264 e. The van der Waals surface area contributed by atoms with Gasteiger partial charge in [-0.15, -0.1) is 0 Å². The second-order valence-corrected chi connectivity index (χ2v) is 6.14. The molecule has 1 N–H and O–H groups in total. The minimum Gasteiger partial charge on any atom is -0.306 e. The van der Waals surface area contributed by atoms with Gasteiger partial charge in [-0.3, -0.25) is 4.79 Å². The SMILES string of the molecule is CC(C)Cc1nc(-c2ccsc2)[nH]c(=O)c1I. The minimum absolute atomic E-state index is 0.0440. The molecule has 2 heterocycles. The van der Waals surface area contributed by atoms with E-state index in [0.29, 0.717) is 15.3 Å². The number of rotatable bonds is 3. The van der Waals surface area contributed by atoms with Crippen LogP contribution < -0.4 is 5.56 Å². The lowest BCUT2D eigenvalue weighted by Gasteiger charge is -2.07. The zero-order valence-electron chi connectivity index (χ0n) is 9.66. The zero-order chi connectivity index (χ0) is 12.4. The van der Waals surface area contributed by atoms with E-state index in [0.717, 1.165) is 17.7 Å². The Hall–Kier alpha value is -0.690. The molecule has 0 fully saturated rings. The van der Waals surface area contributed by atoms with Crippen LogP contribution in [0, 0.1) is 9.49 Å². The number of hydrogen-bond donors (Lipinski definition) is 1. The number of nitrogens with one attached hydrogen (secondary N) is 1. The van der Waals surface area contributed by atoms with Crippen LogP contribution in [0.1, 0.15) is 19.5 Å². The molecule has 0 saturated heterocycles. The standard InChI is InChI=1S/C12H13IN2OS/c1-7(2)5-9-10(13)12(16)15-11(14-9)8-3-4-17-6-8/h3-4,6-7H,5H2,1-2H3,(H,14,15,16). The fourth-order valence-electron chi connectivity index (χ4n) is 1.56. The first kappa shape index (κ1) is 12.8. The van der Waals surface area contributed by atoms with E-state index < -0.39 is 0 Å².